The molecule has 3 aromatic rings. The van der Waals surface area contributed by atoms with Crippen molar-refractivity contribution in [2.45, 2.75) is 13.3 Å². The van der Waals surface area contributed by atoms with Crippen LogP contribution in [-0.2, 0) is 6.42 Å². The molecule has 1 aliphatic rings. The van der Waals surface area contributed by atoms with Gasteiger partial charge in [-0.25, -0.2) is 22.0 Å². The van der Waals surface area contributed by atoms with Gasteiger partial charge in [-0.05, 0) is 60.6 Å². The molecule has 37 heavy (non-hydrogen) atoms. The fraction of sp³-hybridized carbons (Fsp3) is 0.231. The van der Waals surface area contributed by atoms with E-state index in [0.29, 0.717) is 24.3 Å². The Morgan fingerprint density at radius 2 is 1.30 bits per heavy atom. The minimum atomic E-state index is -2.17. The lowest BCUT2D eigenvalue weighted by molar-refractivity contribution is 0.0977. The van der Waals surface area contributed by atoms with E-state index in [0.717, 1.165) is 22.6 Å². The summed E-state index contributed by atoms with van der Waals surface area (Å²) in [5, 5.41) is 5.70. The quantitative estimate of drug-likeness (QED) is 0.199. The number of thiocarbonyl (C=S) groups is 1. The van der Waals surface area contributed by atoms with Crippen molar-refractivity contribution < 1.29 is 26.7 Å². The maximum Gasteiger partial charge on any atom is 0.257 e. The third-order valence-electron chi connectivity index (χ3n) is 6.12. The normalized spacial score (nSPS) is 13.5. The molecule has 1 fully saturated rings. The summed E-state index contributed by atoms with van der Waals surface area (Å²) in [5.74, 6) is -10.1. The van der Waals surface area contributed by atoms with Crippen molar-refractivity contribution >= 4 is 40.3 Å². The molecule has 3 aromatic carbocycles. The molecular weight excluding hydrogens is 511 g/mol. The maximum atomic E-state index is 14.1. The number of piperazine rings is 1. The second-order valence-electron chi connectivity index (χ2n) is 8.40. The van der Waals surface area contributed by atoms with Crippen LogP contribution in [0.1, 0.15) is 22.8 Å². The van der Waals surface area contributed by atoms with E-state index in [1.165, 1.54) is 0 Å². The molecule has 2 N–H and O–H groups in total. The van der Waals surface area contributed by atoms with Crippen LogP contribution in [0.2, 0.25) is 0 Å². The minimum absolute atomic E-state index is 0.0632. The molecular formula is C26H23F5N4OS. The van der Waals surface area contributed by atoms with Crippen LogP contribution in [0.15, 0.2) is 48.5 Å². The molecule has 0 atom stereocenters. The van der Waals surface area contributed by atoms with Crippen LogP contribution < -0.4 is 20.4 Å². The van der Waals surface area contributed by atoms with E-state index in [1.807, 2.05) is 24.0 Å². The van der Waals surface area contributed by atoms with Crippen LogP contribution in [0.4, 0.5) is 39.0 Å². The molecule has 0 unspecified atom stereocenters. The first-order valence-corrected chi connectivity index (χ1v) is 11.9. The molecule has 1 heterocycles. The zero-order valence-corrected chi connectivity index (χ0v) is 20.6. The monoisotopic (exact) mass is 534 g/mol. The van der Waals surface area contributed by atoms with Crippen LogP contribution in [0.3, 0.4) is 0 Å². The zero-order chi connectivity index (χ0) is 26.7. The molecule has 4 rings (SSSR count). The summed E-state index contributed by atoms with van der Waals surface area (Å²) >= 11 is 5.23. The number of amides is 1. The fourth-order valence-electron chi connectivity index (χ4n) is 4.04. The largest absolute Gasteiger partial charge is 0.368 e. The van der Waals surface area contributed by atoms with Gasteiger partial charge >= 0.3 is 0 Å². The van der Waals surface area contributed by atoms with Gasteiger partial charge in [0.25, 0.3) is 5.91 Å². The van der Waals surface area contributed by atoms with Crippen LogP contribution >= 0.6 is 12.2 Å². The summed E-state index contributed by atoms with van der Waals surface area (Å²) in [6.07, 6.45) is 0.874. The third kappa shape index (κ3) is 5.66. The van der Waals surface area contributed by atoms with Gasteiger partial charge in [0.1, 0.15) is 5.69 Å². The van der Waals surface area contributed by atoms with E-state index in [1.54, 1.807) is 36.4 Å². The highest BCUT2D eigenvalue weighted by atomic mass is 32.1. The molecule has 0 aromatic heterocycles. The number of nitrogens with one attached hydrogen (secondary N) is 2. The summed E-state index contributed by atoms with van der Waals surface area (Å²) in [7, 11) is 0. The molecule has 0 bridgehead atoms. The first-order valence-electron chi connectivity index (χ1n) is 11.5. The molecule has 1 amide bonds. The minimum Gasteiger partial charge on any atom is -0.368 e. The highest BCUT2D eigenvalue weighted by molar-refractivity contribution is 7.80. The van der Waals surface area contributed by atoms with Gasteiger partial charge < -0.3 is 15.1 Å². The standard InChI is InChI=1S/C26H23F5N4OS/c1-2-15-3-5-16(6-4-15)25(36)33-26(37)32-17-7-9-18(10-8-17)34-11-13-35(14-12-34)24-22(30)20(28)19(27)21(29)23(24)31/h3-10H,2,11-14H2,1H3,(H2,32,33,36,37). The molecule has 1 saturated heterocycles. The van der Waals surface area contributed by atoms with E-state index in [2.05, 4.69) is 10.6 Å². The van der Waals surface area contributed by atoms with Crippen molar-refractivity contribution in [3.8, 4) is 0 Å². The Bertz CT molecular complexity index is 1280. The predicted octanol–water partition coefficient (Wildman–Crippen LogP) is 5.40. The van der Waals surface area contributed by atoms with E-state index >= 15 is 0 Å². The third-order valence-corrected chi connectivity index (χ3v) is 6.33. The molecule has 0 saturated carbocycles. The first-order chi connectivity index (χ1) is 17.7. The zero-order valence-electron chi connectivity index (χ0n) is 19.8. The fourth-order valence-corrected chi connectivity index (χ4v) is 4.25. The molecule has 194 valence electrons. The molecule has 5 nitrogen and oxygen atoms in total. The molecule has 0 spiro atoms. The van der Waals surface area contributed by atoms with Gasteiger partial charge in [-0.3, -0.25) is 10.1 Å². The molecule has 0 aliphatic carbocycles. The number of hydrogen-bond donors (Lipinski definition) is 2. The first kappa shape index (κ1) is 26.3. The Morgan fingerprint density at radius 1 is 0.784 bits per heavy atom. The highest BCUT2D eigenvalue weighted by Gasteiger charge is 2.30. The number of hydrogen-bond acceptors (Lipinski definition) is 4. The predicted molar refractivity (Wildman–Crippen MR) is 137 cm³/mol. The Hall–Kier alpha value is -3.73. The summed E-state index contributed by atoms with van der Waals surface area (Å²) < 4.78 is 68.8. The number of anilines is 3. The Labute approximate surface area is 215 Å². The van der Waals surface area contributed by atoms with Crippen molar-refractivity contribution in [1.82, 2.24) is 5.32 Å². The Morgan fingerprint density at radius 3 is 1.84 bits per heavy atom. The molecule has 11 heteroatoms. The highest BCUT2D eigenvalue weighted by Crippen LogP contribution is 2.31. The van der Waals surface area contributed by atoms with Gasteiger partial charge in [-0.1, -0.05) is 19.1 Å². The summed E-state index contributed by atoms with van der Waals surface area (Å²) in [4.78, 5) is 15.4. The number of nitrogens with zero attached hydrogens (tertiary/aromatic N) is 2. The van der Waals surface area contributed by atoms with E-state index in [4.69, 9.17) is 12.2 Å². The van der Waals surface area contributed by atoms with Crippen molar-refractivity contribution in [2.24, 2.45) is 0 Å². The lowest BCUT2D eigenvalue weighted by atomic mass is 10.1. The van der Waals surface area contributed by atoms with Crippen LogP contribution in [0.5, 0.6) is 0 Å². The molecule has 0 radical (unpaired) electrons. The Kier molecular flexibility index (Phi) is 7.91. The van der Waals surface area contributed by atoms with Crippen molar-refractivity contribution in [1.29, 1.82) is 0 Å². The van der Waals surface area contributed by atoms with E-state index in [9.17, 15) is 26.7 Å². The van der Waals surface area contributed by atoms with E-state index in [-0.39, 0.29) is 24.1 Å². The van der Waals surface area contributed by atoms with Gasteiger partial charge in [0.2, 0.25) is 5.82 Å². The van der Waals surface area contributed by atoms with Crippen molar-refractivity contribution in [3.05, 3.63) is 88.7 Å². The number of benzene rings is 3. The average molecular weight is 535 g/mol. The lowest BCUT2D eigenvalue weighted by Gasteiger charge is -2.37. The average Bonchev–Trinajstić information content (AvgIpc) is 2.91. The maximum absolute atomic E-state index is 14.1. The molecule has 1 aliphatic heterocycles. The lowest BCUT2D eigenvalue weighted by Crippen LogP contribution is -2.47. The second kappa shape index (κ2) is 11.1. The smallest absolute Gasteiger partial charge is 0.257 e. The van der Waals surface area contributed by atoms with Crippen LogP contribution in [0.25, 0.3) is 0 Å². The number of carbonyl (C=O) groups is 1. The van der Waals surface area contributed by atoms with Crippen LogP contribution in [-0.4, -0.2) is 37.2 Å². The van der Waals surface area contributed by atoms with Gasteiger partial charge in [-0.2, -0.15) is 0 Å². The number of aryl methyl sites for hydroxylation is 1. The number of halogens is 5. The van der Waals surface area contributed by atoms with Gasteiger partial charge in [0, 0.05) is 43.1 Å². The summed E-state index contributed by atoms with van der Waals surface area (Å²) in [5.41, 5.74) is 2.13. The summed E-state index contributed by atoms with van der Waals surface area (Å²) in [6, 6.07) is 14.3. The number of carbonyl (C=O) groups excluding carboxylic acids is 1. The van der Waals surface area contributed by atoms with Gasteiger partial charge in [0.15, 0.2) is 28.4 Å². The van der Waals surface area contributed by atoms with Gasteiger partial charge in [-0.15, -0.1) is 0 Å². The van der Waals surface area contributed by atoms with Crippen molar-refractivity contribution in [3.63, 3.8) is 0 Å². The Balaban J connectivity index is 1.33. The summed E-state index contributed by atoms with van der Waals surface area (Å²) in [6.45, 7) is 2.76. The van der Waals surface area contributed by atoms with E-state index < -0.39 is 34.8 Å². The van der Waals surface area contributed by atoms with Crippen molar-refractivity contribution in [2.75, 3.05) is 41.3 Å². The topological polar surface area (TPSA) is 47.6 Å². The van der Waals surface area contributed by atoms with Gasteiger partial charge in [0.05, 0.1) is 0 Å². The van der Waals surface area contributed by atoms with Crippen LogP contribution in [0, 0.1) is 29.1 Å². The number of rotatable bonds is 5. The SMILES string of the molecule is CCc1ccc(C(=O)NC(=S)Nc2ccc(N3CCN(c4c(F)c(F)c(F)c(F)c4F)CC3)cc2)cc1. The second-order valence-corrected chi connectivity index (χ2v) is 8.81.